The maximum absolute atomic E-state index is 11.0. The van der Waals surface area contributed by atoms with E-state index in [1.807, 2.05) is 0 Å². The largest absolute Gasteiger partial charge is 0.492 e. The molecule has 1 amide bonds. The normalized spacial score (nSPS) is 10.1. The van der Waals surface area contributed by atoms with Crippen molar-refractivity contribution in [2.45, 2.75) is 0 Å². The highest BCUT2D eigenvalue weighted by molar-refractivity contribution is 6.03. The second-order valence-electron chi connectivity index (χ2n) is 2.39. The van der Waals surface area contributed by atoms with Crippen molar-refractivity contribution in [1.29, 1.82) is 0 Å². The van der Waals surface area contributed by atoms with Crippen LogP contribution in [0.15, 0.2) is 6.33 Å². The lowest BCUT2D eigenvalue weighted by atomic mass is 10.4. The van der Waals surface area contributed by atoms with Crippen LogP contribution >= 0.6 is 0 Å². The number of aromatic amines is 1. The van der Waals surface area contributed by atoms with Gasteiger partial charge in [0.25, 0.3) is 0 Å². The molecule has 0 fully saturated rings. The number of nitrogens with two attached hydrogens (primary N) is 2. The fourth-order valence-corrected chi connectivity index (χ4v) is 0.648. The maximum Gasteiger partial charge on any atom is 0.346 e. The number of guanidine groups is 1. The van der Waals surface area contributed by atoms with E-state index in [1.54, 1.807) is 0 Å². The predicted octanol–water partition coefficient (Wildman–Crippen LogP) is -7.84. The van der Waals surface area contributed by atoms with Crippen LogP contribution in [0.25, 0.3) is 0 Å². The number of rotatable bonds is 1. The molecule has 7 N–H and O–H groups in total. The number of hydrogen-bond donors (Lipinski definition) is 5. The highest BCUT2D eigenvalue weighted by Gasteiger charge is 2.17. The number of carbonyl (C=O) groups is 1. The Labute approximate surface area is 95.8 Å². The number of aromatic hydroxyl groups is 1. The summed E-state index contributed by atoms with van der Waals surface area (Å²) in [5, 5.41) is 16.0. The van der Waals surface area contributed by atoms with Gasteiger partial charge < -0.3 is 10.1 Å². The van der Waals surface area contributed by atoms with E-state index < -0.39 is 22.0 Å². The lowest BCUT2D eigenvalue weighted by molar-refractivity contribution is -2.00. The third-order valence-corrected chi connectivity index (χ3v) is 1.10. The van der Waals surface area contributed by atoms with Gasteiger partial charge >= 0.3 is 11.9 Å². The van der Waals surface area contributed by atoms with Gasteiger partial charge in [0.05, 0.1) is 6.33 Å². The number of carbonyl (C=O) groups excluding carboxylic acids is 1. The van der Waals surface area contributed by atoms with Crippen LogP contribution in [0.1, 0.15) is 10.5 Å². The standard InChI is InChI=1S/C5H7N5O2.ClHO4/c6-5(7)10-4(12)2-3(11)9-1-8-2;2-1(3,4)5/h1,11H,(H,8,9)(H4,6,7,10,12);(H,2,3,4,5). The first-order valence-electron chi connectivity index (χ1n) is 3.64. The smallest absolute Gasteiger partial charge is 0.346 e. The van der Waals surface area contributed by atoms with Crippen LogP contribution in [0.3, 0.4) is 0 Å². The topological polar surface area (TPSA) is 222 Å². The summed E-state index contributed by atoms with van der Waals surface area (Å²) in [6.45, 7) is 0. The molecule has 0 aromatic carbocycles. The number of halogens is 1. The molecule has 0 atom stereocenters. The summed E-state index contributed by atoms with van der Waals surface area (Å²) in [6, 6.07) is 0. The number of H-pyrrole nitrogens is 1. The fourth-order valence-electron chi connectivity index (χ4n) is 0.648. The van der Waals surface area contributed by atoms with Gasteiger partial charge in [0.1, 0.15) is 0 Å². The zero-order valence-corrected chi connectivity index (χ0v) is 8.80. The Hall–Kier alpha value is -1.92. The second-order valence-corrected chi connectivity index (χ2v) is 3.14. The van der Waals surface area contributed by atoms with Gasteiger partial charge in [0.15, 0.2) is 5.69 Å². The number of nitrogens with one attached hydrogen (secondary N) is 2. The predicted molar refractivity (Wildman–Crippen MR) is 38.8 cm³/mol. The molecule has 1 rings (SSSR count). The van der Waals surface area contributed by atoms with E-state index in [0.29, 0.717) is 0 Å². The number of nitrogens with zero attached hydrogens (tertiary/aromatic N) is 1. The minimum absolute atomic E-state index is 0.0802. The van der Waals surface area contributed by atoms with Crippen molar-refractivity contribution in [3.05, 3.63) is 12.0 Å². The molecule has 0 saturated heterocycles. The summed E-state index contributed by atoms with van der Waals surface area (Å²) in [7, 11) is -4.94. The summed E-state index contributed by atoms with van der Waals surface area (Å²) >= 11 is 0. The van der Waals surface area contributed by atoms with Crippen LogP contribution in [-0.4, -0.2) is 26.9 Å². The molecule has 17 heavy (non-hydrogen) atoms. The van der Waals surface area contributed by atoms with Crippen LogP contribution in [0, 0.1) is 10.2 Å². The molecular formula is C5H8ClN5O6. The van der Waals surface area contributed by atoms with Crippen molar-refractivity contribution in [3.63, 3.8) is 0 Å². The van der Waals surface area contributed by atoms with Crippen molar-refractivity contribution >= 4 is 11.9 Å². The molecule has 11 nitrogen and oxygen atoms in total. The Morgan fingerprint density at radius 3 is 2.29 bits per heavy atom. The molecule has 0 aliphatic rings. The molecule has 96 valence electrons. The molecule has 0 aliphatic carbocycles. The lowest BCUT2D eigenvalue weighted by Gasteiger charge is -2.17. The quantitative estimate of drug-likeness (QED) is 0.242. The molecular weight excluding hydrogens is 262 g/mol. The Kier molecular flexibility index (Phi) is 5.30. The minimum Gasteiger partial charge on any atom is -0.492 e. The number of aromatic nitrogens is 2. The van der Waals surface area contributed by atoms with Gasteiger partial charge in [0, 0.05) is 0 Å². The molecule has 0 saturated carbocycles. The van der Waals surface area contributed by atoms with Crippen LogP contribution in [0.4, 0.5) is 0 Å². The maximum atomic E-state index is 11.0. The fraction of sp³-hybridized carbons (Fsp3) is 0. The lowest BCUT2D eigenvalue weighted by Crippen LogP contribution is -2.68. The summed E-state index contributed by atoms with van der Waals surface area (Å²) in [6.07, 6.45) is 1.18. The zero-order valence-electron chi connectivity index (χ0n) is 8.05. The molecule has 0 aliphatic heterocycles. The van der Waals surface area contributed by atoms with E-state index in [2.05, 4.69) is 15.3 Å². The second kappa shape index (κ2) is 5.97. The molecule has 0 bridgehead atoms. The molecule has 0 radical (unpaired) electrons. The van der Waals surface area contributed by atoms with E-state index in [4.69, 9.17) is 34.9 Å². The molecule has 1 aromatic heterocycles. The van der Waals surface area contributed by atoms with Gasteiger partial charge in [-0.15, -0.1) is 10.2 Å². The molecule has 1 heterocycles. The van der Waals surface area contributed by atoms with Gasteiger partial charge in [0.2, 0.25) is 5.88 Å². The summed E-state index contributed by atoms with van der Waals surface area (Å²) < 4.78 is 34.0. The Balaban J connectivity index is 0.000000437. The summed E-state index contributed by atoms with van der Waals surface area (Å²) in [5.74, 6) is -1.27. The highest BCUT2D eigenvalue weighted by atomic mass is 35.7. The van der Waals surface area contributed by atoms with Crippen molar-refractivity contribution in [1.82, 2.24) is 15.3 Å². The third kappa shape index (κ3) is 7.95. The molecule has 12 heteroatoms. The van der Waals surface area contributed by atoms with Crippen LogP contribution in [0.5, 0.6) is 5.88 Å². The molecule has 0 unspecified atom stereocenters. The first kappa shape index (κ1) is 15.1. The van der Waals surface area contributed by atoms with E-state index >= 15 is 0 Å². The minimum atomic E-state index is -4.94. The van der Waals surface area contributed by atoms with Gasteiger partial charge in [-0.2, -0.15) is 0 Å². The average molecular weight is 270 g/mol. The Morgan fingerprint density at radius 2 is 2.00 bits per heavy atom. The van der Waals surface area contributed by atoms with Crippen molar-refractivity contribution in [2.75, 3.05) is 0 Å². The average Bonchev–Trinajstić information content (AvgIpc) is 2.46. The van der Waals surface area contributed by atoms with Gasteiger partial charge in [-0.3, -0.25) is 11.1 Å². The Morgan fingerprint density at radius 1 is 1.53 bits per heavy atom. The Bertz CT molecular complexity index is 394. The zero-order chi connectivity index (χ0) is 13.6. The molecule has 0 spiro atoms. The van der Waals surface area contributed by atoms with E-state index in [-0.39, 0.29) is 11.7 Å². The van der Waals surface area contributed by atoms with Crippen LogP contribution in [-0.2, 0) is 0 Å². The van der Waals surface area contributed by atoms with Crippen LogP contribution in [0.2, 0.25) is 0 Å². The van der Waals surface area contributed by atoms with E-state index in [1.165, 1.54) is 6.33 Å². The van der Waals surface area contributed by atoms with Gasteiger partial charge in [-0.05, 0) is 0 Å². The number of amides is 1. The van der Waals surface area contributed by atoms with E-state index in [9.17, 15) is 4.79 Å². The number of hydrogen-bond acceptors (Lipinski definition) is 7. The SMILES string of the molecule is NC(=[NH2+])NC(=O)c1[nH]cnc1O.[O-][Cl+3]([O-])([O-])[O-]. The van der Waals surface area contributed by atoms with Gasteiger partial charge in [-0.1, -0.05) is 0 Å². The third-order valence-electron chi connectivity index (χ3n) is 1.10. The molecule has 1 aromatic rings. The summed E-state index contributed by atoms with van der Waals surface area (Å²) in [5.41, 5.74) is 4.92. The van der Waals surface area contributed by atoms with Crippen molar-refractivity contribution < 1.29 is 44.2 Å². The number of imidazole rings is 1. The van der Waals surface area contributed by atoms with Crippen molar-refractivity contribution in [3.8, 4) is 5.88 Å². The first-order chi connectivity index (χ1) is 7.61. The summed E-state index contributed by atoms with van der Waals surface area (Å²) in [4.78, 5) is 16.8. The van der Waals surface area contributed by atoms with Gasteiger partial charge in [-0.25, -0.2) is 33.7 Å². The first-order valence-corrected chi connectivity index (χ1v) is 4.88. The van der Waals surface area contributed by atoms with Crippen LogP contribution < -0.4 is 35.1 Å². The highest BCUT2D eigenvalue weighted by Crippen LogP contribution is 2.08. The van der Waals surface area contributed by atoms with E-state index in [0.717, 1.165) is 0 Å². The van der Waals surface area contributed by atoms with Crippen molar-refractivity contribution in [2.24, 2.45) is 5.73 Å². The monoisotopic (exact) mass is 269 g/mol.